The lowest BCUT2D eigenvalue weighted by Crippen LogP contribution is -2.14. The van der Waals surface area contributed by atoms with E-state index in [9.17, 15) is 23.9 Å². The Morgan fingerprint density at radius 1 is 1.26 bits per heavy atom. The van der Waals surface area contributed by atoms with E-state index in [0.29, 0.717) is 43.5 Å². The second-order valence-electron chi connectivity index (χ2n) is 7.61. The molecule has 11 heteroatoms. The van der Waals surface area contributed by atoms with Crippen LogP contribution in [-0.2, 0) is 17.8 Å². The topological polar surface area (TPSA) is 123 Å². The predicted molar refractivity (Wildman–Crippen MR) is 124 cm³/mol. The highest BCUT2D eigenvalue weighted by molar-refractivity contribution is 7.15. The molecule has 8 nitrogen and oxygen atoms in total. The van der Waals surface area contributed by atoms with Crippen LogP contribution in [0, 0.1) is 11.3 Å². The highest BCUT2D eigenvalue weighted by Gasteiger charge is 2.22. The van der Waals surface area contributed by atoms with Gasteiger partial charge in [-0.1, -0.05) is 12.1 Å². The zero-order valence-electron chi connectivity index (χ0n) is 18.4. The molecule has 0 fully saturated rings. The van der Waals surface area contributed by atoms with Gasteiger partial charge in [-0.05, 0) is 30.7 Å². The van der Waals surface area contributed by atoms with E-state index in [2.05, 4.69) is 15.8 Å². The van der Waals surface area contributed by atoms with E-state index < -0.39 is 18.6 Å². The number of aliphatic hydroxyl groups is 1. The maximum absolute atomic E-state index is 13.0. The maximum Gasteiger partial charge on any atom is 0.387 e. The number of fused-ring (bicyclic) bond motifs is 1. The van der Waals surface area contributed by atoms with Gasteiger partial charge in [-0.25, -0.2) is 4.98 Å². The van der Waals surface area contributed by atoms with E-state index in [1.54, 1.807) is 54.0 Å². The van der Waals surface area contributed by atoms with E-state index in [0.717, 1.165) is 0 Å². The number of primary amides is 1. The fraction of sp³-hybridized carbons (Fsp3) is 0.208. The molecular formula is C24H20F2N4O4S. The Bertz CT molecular complexity index is 1430. The van der Waals surface area contributed by atoms with Crippen LogP contribution in [0.3, 0.4) is 0 Å². The Labute approximate surface area is 202 Å². The van der Waals surface area contributed by atoms with Crippen molar-refractivity contribution in [3.63, 3.8) is 0 Å². The van der Waals surface area contributed by atoms with Crippen LogP contribution < -0.4 is 15.2 Å². The number of carbonyl (C=O) groups excluding carboxylic acids is 1. The number of ether oxygens (including phenoxy) is 2. The van der Waals surface area contributed by atoms with Gasteiger partial charge in [-0.3, -0.25) is 9.20 Å². The number of aliphatic hydroxyl groups excluding tert-OH is 1. The van der Waals surface area contributed by atoms with Gasteiger partial charge < -0.3 is 20.3 Å². The molecular weight excluding hydrogens is 478 g/mol. The summed E-state index contributed by atoms with van der Waals surface area (Å²) in [6, 6.07) is 11.7. The number of hydrogen-bond donors (Lipinski definition) is 2. The summed E-state index contributed by atoms with van der Waals surface area (Å²) in [7, 11) is 0. The van der Waals surface area contributed by atoms with Crippen molar-refractivity contribution in [1.29, 1.82) is 5.26 Å². The number of nitrogens with two attached hydrogens (primary N) is 1. The van der Waals surface area contributed by atoms with Crippen LogP contribution in [-0.4, -0.2) is 27.0 Å². The zero-order chi connectivity index (χ0) is 25.1. The van der Waals surface area contributed by atoms with Crippen LogP contribution in [0.15, 0.2) is 48.8 Å². The molecule has 1 atom stereocenters. The molecule has 0 aliphatic heterocycles. The molecule has 0 unspecified atom stereocenters. The summed E-state index contributed by atoms with van der Waals surface area (Å²) in [4.78, 5) is 17.3. The first-order valence-corrected chi connectivity index (χ1v) is 11.2. The molecule has 0 spiro atoms. The number of pyridine rings is 1. The first-order chi connectivity index (χ1) is 16.8. The summed E-state index contributed by atoms with van der Waals surface area (Å²) >= 11 is 1.28. The zero-order valence-corrected chi connectivity index (χ0v) is 19.3. The molecule has 1 amide bonds. The number of nitrogens with zero attached hydrogens (tertiary/aromatic N) is 3. The van der Waals surface area contributed by atoms with Gasteiger partial charge in [0.2, 0.25) is 5.91 Å². The minimum absolute atomic E-state index is 0.0866. The summed E-state index contributed by atoms with van der Waals surface area (Å²) < 4.78 is 38.4. The van der Waals surface area contributed by atoms with Gasteiger partial charge in [0, 0.05) is 17.8 Å². The fourth-order valence-corrected chi connectivity index (χ4v) is 4.72. The summed E-state index contributed by atoms with van der Waals surface area (Å²) in [6.45, 7) is -1.73. The van der Waals surface area contributed by atoms with Gasteiger partial charge in [0.05, 0.1) is 40.2 Å². The molecule has 3 N–H and O–H groups in total. The number of rotatable bonds is 9. The predicted octanol–water partition coefficient (Wildman–Crippen LogP) is 4.20. The number of thiophene rings is 1. The molecule has 0 saturated heterocycles. The van der Waals surface area contributed by atoms with Crippen LogP contribution in [0.5, 0.6) is 11.5 Å². The summed E-state index contributed by atoms with van der Waals surface area (Å²) in [5.41, 5.74) is 7.96. The van der Waals surface area contributed by atoms with Crippen molar-refractivity contribution in [1.82, 2.24) is 9.38 Å². The maximum atomic E-state index is 13.0. The van der Waals surface area contributed by atoms with Gasteiger partial charge in [0.15, 0.2) is 0 Å². The van der Waals surface area contributed by atoms with Crippen LogP contribution in [0.4, 0.5) is 8.78 Å². The second-order valence-corrected chi connectivity index (χ2v) is 8.75. The molecule has 0 aliphatic carbocycles. The molecule has 35 heavy (non-hydrogen) atoms. The van der Waals surface area contributed by atoms with Crippen molar-refractivity contribution in [2.45, 2.75) is 32.7 Å². The lowest BCUT2D eigenvalue weighted by molar-refractivity contribution is -0.117. The second kappa shape index (κ2) is 10.1. The Balaban J connectivity index is 1.72. The normalized spacial score (nSPS) is 12.0. The molecule has 4 aromatic rings. The van der Waals surface area contributed by atoms with Crippen LogP contribution in [0.25, 0.3) is 16.2 Å². The van der Waals surface area contributed by atoms with Crippen molar-refractivity contribution in [2.24, 2.45) is 5.73 Å². The Morgan fingerprint density at radius 2 is 2.06 bits per heavy atom. The molecule has 3 heterocycles. The van der Waals surface area contributed by atoms with E-state index in [-0.39, 0.29) is 18.8 Å². The minimum Gasteiger partial charge on any atom is -0.485 e. The summed E-state index contributed by atoms with van der Waals surface area (Å²) in [5, 5.41) is 18.6. The van der Waals surface area contributed by atoms with Crippen LogP contribution in [0.1, 0.15) is 34.6 Å². The number of alkyl halides is 2. The summed E-state index contributed by atoms with van der Waals surface area (Å²) in [5.74, 6) is -0.316. The van der Waals surface area contributed by atoms with Crippen molar-refractivity contribution >= 4 is 22.9 Å². The third-order valence-electron chi connectivity index (χ3n) is 5.21. The molecule has 1 aromatic carbocycles. The lowest BCUT2D eigenvalue weighted by atomic mass is 10.1. The molecule has 180 valence electrons. The SMILES string of the molecule is C[C@@H](Oc1cc(-c2cnc3ccc(C#N)cn23)sc1CC(N)=O)c1ccc(CO)cc1OC(F)F. The van der Waals surface area contributed by atoms with E-state index in [1.807, 2.05) is 0 Å². The van der Waals surface area contributed by atoms with Gasteiger partial charge in [-0.2, -0.15) is 14.0 Å². The molecule has 0 aliphatic rings. The number of amides is 1. The number of nitriles is 1. The quantitative estimate of drug-likeness (QED) is 0.357. The number of aromatic nitrogens is 2. The standard InChI is InChI=1S/C24H20F2N4O4S/c1-13(16-4-2-14(12-31)6-18(16)34-24(25)26)33-19-7-20(35-21(19)8-22(28)32)17-10-29-23-5-3-15(9-27)11-30(17)23/h2-7,10-11,13,24,31H,8,12H2,1H3,(H2,28,32)/t13-/m1/s1. The van der Waals surface area contributed by atoms with E-state index >= 15 is 0 Å². The molecule has 3 aromatic heterocycles. The number of hydrogen-bond acceptors (Lipinski definition) is 7. The van der Waals surface area contributed by atoms with Gasteiger partial charge in [0.25, 0.3) is 0 Å². The van der Waals surface area contributed by atoms with Crippen molar-refractivity contribution in [3.8, 4) is 28.1 Å². The monoisotopic (exact) mass is 498 g/mol. The molecule has 0 bridgehead atoms. The van der Waals surface area contributed by atoms with Gasteiger partial charge >= 0.3 is 6.61 Å². The number of halogens is 2. The third-order valence-corrected chi connectivity index (χ3v) is 6.35. The Hall–Kier alpha value is -4.01. The summed E-state index contributed by atoms with van der Waals surface area (Å²) in [6.07, 6.45) is 2.48. The first kappa shape index (κ1) is 24.1. The van der Waals surface area contributed by atoms with Crippen LogP contribution in [0.2, 0.25) is 0 Å². The Kier molecular flexibility index (Phi) is 6.95. The third kappa shape index (κ3) is 5.24. The van der Waals surface area contributed by atoms with Crippen molar-refractivity contribution < 1.29 is 28.2 Å². The van der Waals surface area contributed by atoms with E-state index in [1.165, 1.54) is 17.4 Å². The molecule has 0 radical (unpaired) electrons. The smallest absolute Gasteiger partial charge is 0.387 e. The average molecular weight is 499 g/mol. The van der Waals surface area contributed by atoms with E-state index in [4.69, 9.17) is 10.5 Å². The number of carbonyl (C=O) groups is 1. The first-order valence-electron chi connectivity index (χ1n) is 10.4. The van der Waals surface area contributed by atoms with Crippen molar-refractivity contribution in [2.75, 3.05) is 0 Å². The molecule has 0 saturated carbocycles. The lowest BCUT2D eigenvalue weighted by Gasteiger charge is -2.19. The van der Waals surface area contributed by atoms with Crippen LogP contribution >= 0.6 is 11.3 Å². The highest BCUT2D eigenvalue weighted by Crippen LogP contribution is 2.40. The molecule has 4 rings (SSSR count). The fourth-order valence-electron chi connectivity index (χ4n) is 3.61. The number of imidazole rings is 1. The largest absolute Gasteiger partial charge is 0.485 e. The van der Waals surface area contributed by atoms with Gasteiger partial charge in [0.1, 0.15) is 29.3 Å². The average Bonchev–Trinajstić information content (AvgIpc) is 3.41. The minimum atomic E-state index is -3.05. The highest BCUT2D eigenvalue weighted by atomic mass is 32.1. The van der Waals surface area contributed by atoms with Gasteiger partial charge in [-0.15, -0.1) is 11.3 Å². The Morgan fingerprint density at radius 3 is 2.74 bits per heavy atom. The number of benzene rings is 1. The van der Waals surface area contributed by atoms with Crippen molar-refractivity contribution in [3.05, 3.63) is 70.4 Å².